The number of hydrogen-bond acceptors (Lipinski definition) is 4. The molecule has 0 aliphatic carbocycles. The van der Waals surface area contributed by atoms with Crippen LogP contribution in [0.5, 0.6) is 0 Å². The maximum absolute atomic E-state index is 12.3. The highest BCUT2D eigenvalue weighted by Gasteiger charge is 2.38. The molecule has 1 unspecified atom stereocenters. The van der Waals surface area contributed by atoms with Crippen molar-refractivity contribution in [2.75, 3.05) is 13.1 Å². The van der Waals surface area contributed by atoms with Crippen LogP contribution in [0.4, 0.5) is 0 Å². The van der Waals surface area contributed by atoms with Crippen LogP contribution in [0.25, 0.3) is 0 Å². The zero-order valence-corrected chi connectivity index (χ0v) is 11.9. The van der Waals surface area contributed by atoms with E-state index < -0.39 is 15.6 Å². The van der Waals surface area contributed by atoms with Gasteiger partial charge in [-0.1, -0.05) is 11.6 Å². The summed E-state index contributed by atoms with van der Waals surface area (Å²) in [6.07, 6.45) is 0.399. The van der Waals surface area contributed by atoms with Crippen molar-refractivity contribution in [2.45, 2.75) is 23.8 Å². The van der Waals surface area contributed by atoms with Crippen LogP contribution in [-0.4, -0.2) is 36.5 Å². The van der Waals surface area contributed by atoms with Gasteiger partial charge in [-0.2, -0.15) is 9.57 Å². The number of halogens is 1. The Balaban J connectivity index is 2.36. The fourth-order valence-electron chi connectivity index (χ4n) is 2.00. The first kappa shape index (κ1) is 14.3. The molecular formula is C12H13ClN2O3S. The summed E-state index contributed by atoms with van der Waals surface area (Å²) in [5.74, 6) is 0. The monoisotopic (exact) mass is 300 g/mol. The van der Waals surface area contributed by atoms with Gasteiger partial charge in [-0.3, -0.25) is 0 Å². The molecule has 1 aliphatic rings. The largest absolute Gasteiger partial charge is 0.389 e. The van der Waals surface area contributed by atoms with Gasteiger partial charge in [0.2, 0.25) is 10.0 Å². The Morgan fingerprint density at radius 3 is 2.68 bits per heavy atom. The second kappa shape index (κ2) is 4.76. The minimum atomic E-state index is -3.68. The van der Waals surface area contributed by atoms with Gasteiger partial charge >= 0.3 is 0 Å². The van der Waals surface area contributed by atoms with Gasteiger partial charge in [-0.15, -0.1) is 0 Å². The number of nitrogens with zero attached hydrogens (tertiary/aromatic N) is 2. The van der Waals surface area contributed by atoms with Gasteiger partial charge in [0.05, 0.1) is 21.1 Å². The molecule has 1 N–H and O–H groups in total. The summed E-state index contributed by atoms with van der Waals surface area (Å²) in [6.45, 7) is 1.94. The molecule has 0 amide bonds. The Kier molecular flexibility index (Phi) is 3.58. The Morgan fingerprint density at radius 2 is 2.21 bits per heavy atom. The van der Waals surface area contributed by atoms with E-state index in [1.807, 2.05) is 6.07 Å². The Labute approximate surface area is 117 Å². The predicted molar refractivity (Wildman–Crippen MR) is 70.2 cm³/mol. The molecule has 0 radical (unpaired) electrons. The smallest absolute Gasteiger partial charge is 0.243 e. The second-order valence-electron chi connectivity index (χ2n) is 4.84. The maximum atomic E-state index is 12.3. The fourth-order valence-corrected chi connectivity index (χ4v) is 3.88. The number of sulfonamides is 1. The summed E-state index contributed by atoms with van der Waals surface area (Å²) in [4.78, 5) is 0.0363. The van der Waals surface area contributed by atoms with Crippen LogP contribution in [0.15, 0.2) is 23.1 Å². The van der Waals surface area contributed by atoms with Crippen LogP contribution in [0.2, 0.25) is 5.02 Å². The third-order valence-corrected chi connectivity index (χ3v) is 5.27. The van der Waals surface area contributed by atoms with Crippen LogP contribution in [0.1, 0.15) is 18.9 Å². The summed E-state index contributed by atoms with van der Waals surface area (Å²) < 4.78 is 25.9. The zero-order chi connectivity index (χ0) is 14.3. The van der Waals surface area contributed by atoms with Gasteiger partial charge in [-0.25, -0.2) is 8.42 Å². The van der Waals surface area contributed by atoms with Gasteiger partial charge in [-0.05, 0) is 31.5 Å². The lowest BCUT2D eigenvalue weighted by Gasteiger charge is -2.19. The summed E-state index contributed by atoms with van der Waals surface area (Å²) >= 11 is 5.84. The van der Waals surface area contributed by atoms with Crippen LogP contribution < -0.4 is 0 Å². The van der Waals surface area contributed by atoms with Crippen molar-refractivity contribution in [3.05, 3.63) is 28.8 Å². The van der Waals surface area contributed by atoms with Crippen molar-refractivity contribution in [1.29, 1.82) is 5.26 Å². The van der Waals surface area contributed by atoms with Crippen molar-refractivity contribution in [3.63, 3.8) is 0 Å². The lowest BCUT2D eigenvalue weighted by Crippen LogP contribution is -2.33. The molecule has 1 aliphatic heterocycles. The number of nitriles is 1. The first-order valence-electron chi connectivity index (χ1n) is 5.68. The van der Waals surface area contributed by atoms with E-state index in [9.17, 15) is 13.5 Å². The normalized spacial score (nSPS) is 24.3. The number of rotatable bonds is 2. The third kappa shape index (κ3) is 2.74. The predicted octanol–water partition coefficient (Wildman–Crippen LogP) is 1.36. The first-order valence-corrected chi connectivity index (χ1v) is 7.50. The molecule has 0 aromatic heterocycles. The average molecular weight is 301 g/mol. The Bertz CT molecular complexity index is 649. The second-order valence-corrected chi connectivity index (χ2v) is 7.18. The molecule has 102 valence electrons. The minimum Gasteiger partial charge on any atom is -0.389 e. The van der Waals surface area contributed by atoms with Crippen molar-refractivity contribution in [2.24, 2.45) is 0 Å². The molecule has 2 rings (SSSR count). The molecule has 1 aromatic rings. The number of aliphatic hydroxyl groups is 1. The SMILES string of the molecule is CC1(O)CCN(S(=O)(=O)c2ccc(C#N)c(Cl)c2)C1. The van der Waals surface area contributed by atoms with Crippen LogP contribution in [-0.2, 0) is 10.0 Å². The van der Waals surface area contributed by atoms with E-state index in [1.165, 1.54) is 22.5 Å². The quantitative estimate of drug-likeness (QED) is 0.894. The molecule has 0 bridgehead atoms. The van der Waals surface area contributed by atoms with Gasteiger partial charge in [0.15, 0.2) is 0 Å². The van der Waals surface area contributed by atoms with Crippen LogP contribution >= 0.6 is 11.6 Å². The van der Waals surface area contributed by atoms with E-state index in [0.29, 0.717) is 6.42 Å². The van der Waals surface area contributed by atoms with E-state index in [1.54, 1.807) is 6.92 Å². The topological polar surface area (TPSA) is 81.4 Å². The molecular weight excluding hydrogens is 288 g/mol. The number of hydrogen-bond donors (Lipinski definition) is 1. The van der Waals surface area contributed by atoms with Gasteiger partial charge in [0, 0.05) is 13.1 Å². The Hall–Kier alpha value is -1.13. The highest BCUT2D eigenvalue weighted by atomic mass is 35.5. The Morgan fingerprint density at radius 1 is 1.53 bits per heavy atom. The minimum absolute atomic E-state index is 0.0363. The summed E-state index contributed by atoms with van der Waals surface area (Å²) in [5.41, 5.74) is -0.766. The van der Waals surface area contributed by atoms with E-state index in [4.69, 9.17) is 16.9 Å². The third-order valence-electron chi connectivity index (χ3n) is 3.12. The highest BCUT2D eigenvalue weighted by Crippen LogP contribution is 2.28. The molecule has 1 heterocycles. The first-order chi connectivity index (χ1) is 8.76. The summed E-state index contributed by atoms with van der Waals surface area (Å²) in [5, 5.41) is 18.7. The summed E-state index contributed by atoms with van der Waals surface area (Å²) in [7, 11) is -3.68. The van der Waals surface area contributed by atoms with Crippen molar-refractivity contribution >= 4 is 21.6 Å². The van der Waals surface area contributed by atoms with E-state index in [0.717, 1.165) is 0 Å². The van der Waals surface area contributed by atoms with Crippen molar-refractivity contribution in [3.8, 4) is 6.07 Å². The molecule has 0 spiro atoms. The van der Waals surface area contributed by atoms with Gasteiger partial charge in [0.1, 0.15) is 6.07 Å². The molecule has 7 heteroatoms. The van der Waals surface area contributed by atoms with E-state index >= 15 is 0 Å². The lowest BCUT2D eigenvalue weighted by atomic mass is 10.1. The molecule has 5 nitrogen and oxygen atoms in total. The number of benzene rings is 1. The molecule has 19 heavy (non-hydrogen) atoms. The van der Waals surface area contributed by atoms with E-state index in [-0.39, 0.29) is 28.6 Å². The molecule has 1 fully saturated rings. The number of β-amino-alcohol motifs (C(OH)–C–C–N with tert-alkyl or cyclic N) is 1. The molecule has 1 aromatic carbocycles. The van der Waals surface area contributed by atoms with Crippen LogP contribution in [0.3, 0.4) is 0 Å². The molecule has 1 saturated heterocycles. The van der Waals surface area contributed by atoms with Crippen LogP contribution in [0, 0.1) is 11.3 Å². The van der Waals surface area contributed by atoms with Gasteiger partial charge < -0.3 is 5.11 Å². The van der Waals surface area contributed by atoms with Crippen molar-refractivity contribution in [1.82, 2.24) is 4.31 Å². The fraction of sp³-hybridized carbons (Fsp3) is 0.417. The van der Waals surface area contributed by atoms with Gasteiger partial charge in [0.25, 0.3) is 0 Å². The average Bonchev–Trinajstić information content (AvgIpc) is 2.70. The zero-order valence-electron chi connectivity index (χ0n) is 10.3. The molecule has 0 saturated carbocycles. The maximum Gasteiger partial charge on any atom is 0.243 e. The summed E-state index contributed by atoms with van der Waals surface area (Å²) in [6, 6.07) is 5.87. The van der Waals surface area contributed by atoms with E-state index in [2.05, 4.69) is 0 Å². The van der Waals surface area contributed by atoms with Crippen molar-refractivity contribution < 1.29 is 13.5 Å². The lowest BCUT2D eigenvalue weighted by molar-refractivity contribution is 0.0762. The standard InChI is InChI=1S/C12H13ClN2O3S/c1-12(16)4-5-15(8-12)19(17,18)10-3-2-9(7-14)11(13)6-10/h2-3,6,16H,4-5,8H2,1H3. The highest BCUT2D eigenvalue weighted by molar-refractivity contribution is 7.89. The molecule has 1 atom stereocenters.